The van der Waals surface area contributed by atoms with Crippen molar-refractivity contribution in [3.05, 3.63) is 25.3 Å². The minimum Gasteiger partial charge on any atom is -0.370 e. The summed E-state index contributed by atoms with van der Waals surface area (Å²) in [5.41, 5.74) is 11.1. The minimum absolute atomic E-state index is 0.0418. The normalized spacial score (nSPS) is 11.3. The van der Waals surface area contributed by atoms with Crippen molar-refractivity contribution < 1.29 is 9.59 Å². The Bertz CT molecular complexity index is 443. The number of hydrogen-bond acceptors (Lipinski definition) is 4. The van der Waals surface area contributed by atoms with E-state index >= 15 is 0 Å². The van der Waals surface area contributed by atoms with Gasteiger partial charge in [-0.3, -0.25) is 20.6 Å². The molecule has 0 fully saturated rings. The number of nitrogens with two attached hydrogens (primary N) is 2. The molecule has 8 N–H and O–H groups in total. The maximum Gasteiger partial charge on any atom is 0.321 e. The molecule has 0 atom stereocenters. The zero-order valence-electron chi connectivity index (χ0n) is 13.7. The molecule has 0 spiro atoms. The van der Waals surface area contributed by atoms with Gasteiger partial charge in [0.2, 0.25) is 0 Å². The van der Waals surface area contributed by atoms with E-state index in [4.69, 9.17) is 11.5 Å². The highest BCUT2D eigenvalue weighted by Gasteiger charge is 2.00. The lowest BCUT2D eigenvalue weighted by molar-refractivity contribution is 0.245. The molecular weight excluding hydrogens is 312 g/mol. The maximum atomic E-state index is 11.3. The van der Waals surface area contributed by atoms with Gasteiger partial charge in [-0.2, -0.15) is 0 Å². The first kappa shape index (κ1) is 21.0. The van der Waals surface area contributed by atoms with Gasteiger partial charge in [0.05, 0.1) is 0 Å². The number of guanidine groups is 2. The summed E-state index contributed by atoms with van der Waals surface area (Å²) in [4.78, 5) is 30.5. The molecule has 0 radical (unpaired) electrons. The van der Waals surface area contributed by atoms with E-state index in [1.165, 1.54) is 0 Å². The summed E-state index contributed by atoms with van der Waals surface area (Å²) in [5.74, 6) is 0.0836. The molecule has 0 rings (SSSR count). The van der Waals surface area contributed by atoms with E-state index in [-0.39, 0.29) is 11.9 Å². The van der Waals surface area contributed by atoms with E-state index < -0.39 is 12.1 Å². The number of nitrogens with one attached hydrogen (secondary N) is 4. The molecule has 24 heavy (non-hydrogen) atoms. The van der Waals surface area contributed by atoms with Gasteiger partial charge < -0.3 is 22.1 Å². The highest BCUT2D eigenvalue weighted by molar-refractivity contribution is 5.95. The summed E-state index contributed by atoms with van der Waals surface area (Å²) in [6.45, 7) is 8.53. The summed E-state index contributed by atoms with van der Waals surface area (Å²) in [7, 11) is 0. The molecule has 0 aromatic carbocycles. The average molecular weight is 338 g/mol. The number of carbonyl (C=O) groups is 2. The second kappa shape index (κ2) is 13.6. The topological polar surface area (TPSA) is 159 Å². The molecular formula is C14H26N8O2. The Hall–Kier alpha value is -3.04. The monoisotopic (exact) mass is 338 g/mol. The van der Waals surface area contributed by atoms with Crippen LogP contribution in [0.3, 0.4) is 0 Å². The molecule has 0 aliphatic heterocycles. The number of amides is 4. The largest absolute Gasteiger partial charge is 0.370 e. The van der Waals surface area contributed by atoms with Crippen molar-refractivity contribution >= 4 is 24.0 Å². The highest BCUT2D eigenvalue weighted by atomic mass is 16.2. The van der Waals surface area contributed by atoms with E-state index in [1.54, 1.807) is 12.2 Å². The van der Waals surface area contributed by atoms with Crippen molar-refractivity contribution in [2.75, 3.05) is 26.2 Å². The Morgan fingerprint density at radius 1 is 0.833 bits per heavy atom. The fourth-order valence-electron chi connectivity index (χ4n) is 1.35. The molecule has 10 nitrogen and oxygen atoms in total. The molecule has 0 aromatic heterocycles. The van der Waals surface area contributed by atoms with Crippen molar-refractivity contribution in [1.29, 1.82) is 0 Å². The molecule has 0 aliphatic carbocycles. The number of aliphatic imine (C=N–C) groups is 2. The zero-order valence-corrected chi connectivity index (χ0v) is 13.7. The number of carbonyl (C=O) groups excluding carboxylic acids is 2. The molecule has 10 heteroatoms. The third-order valence-corrected chi connectivity index (χ3v) is 2.43. The lowest BCUT2D eigenvalue weighted by Gasteiger charge is -2.05. The van der Waals surface area contributed by atoms with Crippen LogP contribution < -0.4 is 32.7 Å². The van der Waals surface area contributed by atoms with Crippen LogP contribution in [0.5, 0.6) is 0 Å². The molecule has 0 saturated carbocycles. The Morgan fingerprint density at radius 3 is 1.54 bits per heavy atom. The fraction of sp³-hybridized carbons (Fsp3) is 0.429. The molecule has 0 heterocycles. The molecule has 0 unspecified atom stereocenters. The SMILES string of the molecule is C=CCNC(=O)NC(N)=NCCCCN=C(N)NC(=O)NCC=C. The van der Waals surface area contributed by atoms with Crippen LogP contribution >= 0.6 is 0 Å². The van der Waals surface area contributed by atoms with E-state index in [1.807, 2.05) is 0 Å². The number of unbranched alkanes of at least 4 members (excludes halogenated alkanes) is 1. The Morgan fingerprint density at radius 2 is 1.21 bits per heavy atom. The lowest BCUT2D eigenvalue weighted by Crippen LogP contribution is -2.43. The number of urea groups is 2. The summed E-state index contributed by atoms with van der Waals surface area (Å²) in [5, 5.41) is 9.78. The van der Waals surface area contributed by atoms with Crippen molar-refractivity contribution in [3.8, 4) is 0 Å². The smallest absolute Gasteiger partial charge is 0.321 e. The maximum absolute atomic E-state index is 11.3. The Labute approximate surface area is 141 Å². The van der Waals surface area contributed by atoms with Gasteiger partial charge in [-0.15, -0.1) is 13.2 Å². The van der Waals surface area contributed by atoms with Crippen molar-refractivity contribution in [1.82, 2.24) is 21.3 Å². The molecule has 0 saturated heterocycles. The van der Waals surface area contributed by atoms with Crippen LogP contribution in [0.25, 0.3) is 0 Å². The van der Waals surface area contributed by atoms with Gasteiger partial charge in [0.25, 0.3) is 0 Å². The summed E-state index contributed by atoms with van der Waals surface area (Å²) in [6, 6.07) is -0.872. The van der Waals surface area contributed by atoms with Crippen molar-refractivity contribution in [2.45, 2.75) is 12.8 Å². The molecule has 0 aliphatic rings. The third-order valence-electron chi connectivity index (χ3n) is 2.43. The second-order valence-electron chi connectivity index (χ2n) is 4.49. The third kappa shape index (κ3) is 12.7. The molecule has 4 amide bonds. The van der Waals surface area contributed by atoms with Crippen LogP contribution in [0.15, 0.2) is 35.3 Å². The molecule has 0 aromatic rings. The first-order valence-corrected chi connectivity index (χ1v) is 7.41. The number of nitrogens with zero attached hydrogens (tertiary/aromatic N) is 2. The van der Waals surface area contributed by atoms with Gasteiger partial charge in [0.1, 0.15) is 0 Å². The van der Waals surface area contributed by atoms with E-state index in [2.05, 4.69) is 44.4 Å². The number of hydrogen-bond donors (Lipinski definition) is 6. The van der Waals surface area contributed by atoms with E-state index in [0.29, 0.717) is 39.0 Å². The predicted octanol–water partition coefficient (Wildman–Crippen LogP) is -0.634. The first-order valence-electron chi connectivity index (χ1n) is 7.41. The summed E-state index contributed by atoms with van der Waals surface area (Å²) in [6.07, 6.45) is 4.51. The molecule has 0 bridgehead atoms. The highest BCUT2D eigenvalue weighted by Crippen LogP contribution is 1.90. The van der Waals surface area contributed by atoms with Crippen LogP contribution in [-0.2, 0) is 0 Å². The van der Waals surface area contributed by atoms with Gasteiger partial charge in [0.15, 0.2) is 11.9 Å². The minimum atomic E-state index is -0.436. The molecule has 134 valence electrons. The van der Waals surface area contributed by atoms with Crippen LogP contribution in [0, 0.1) is 0 Å². The first-order chi connectivity index (χ1) is 11.5. The van der Waals surface area contributed by atoms with Crippen LogP contribution in [0.1, 0.15) is 12.8 Å². The van der Waals surface area contributed by atoms with Crippen LogP contribution in [0.2, 0.25) is 0 Å². The quantitative estimate of drug-likeness (QED) is 0.143. The predicted molar refractivity (Wildman–Crippen MR) is 95.7 cm³/mol. The van der Waals surface area contributed by atoms with Gasteiger partial charge in [-0.05, 0) is 12.8 Å². The van der Waals surface area contributed by atoms with Gasteiger partial charge >= 0.3 is 12.1 Å². The van der Waals surface area contributed by atoms with Crippen molar-refractivity contribution in [2.24, 2.45) is 21.5 Å². The van der Waals surface area contributed by atoms with Gasteiger partial charge in [0, 0.05) is 26.2 Å². The Kier molecular flexibility index (Phi) is 11.9. The van der Waals surface area contributed by atoms with Gasteiger partial charge in [-0.25, -0.2) is 9.59 Å². The van der Waals surface area contributed by atoms with Crippen LogP contribution in [-0.4, -0.2) is 50.2 Å². The van der Waals surface area contributed by atoms with Gasteiger partial charge in [-0.1, -0.05) is 12.2 Å². The fourth-order valence-corrected chi connectivity index (χ4v) is 1.35. The van der Waals surface area contributed by atoms with E-state index in [0.717, 1.165) is 0 Å². The second-order valence-corrected chi connectivity index (χ2v) is 4.49. The summed E-state index contributed by atoms with van der Waals surface area (Å²) >= 11 is 0. The number of rotatable bonds is 9. The Balaban J connectivity index is 3.84. The lowest BCUT2D eigenvalue weighted by atomic mass is 10.3. The zero-order chi connectivity index (χ0) is 18.2. The van der Waals surface area contributed by atoms with Crippen LogP contribution in [0.4, 0.5) is 9.59 Å². The van der Waals surface area contributed by atoms with Crippen molar-refractivity contribution in [3.63, 3.8) is 0 Å². The average Bonchev–Trinajstić information content (AvgIpc) is 2.54. The van der Waals surface area contributed by atoms with E-state index in [9.17, 15) is 9.59 Å². The standard InChI is InChI=1S/C14H26N8O2/c1-3-7-19-13(23)21-11(15)17-9-5-6-10-18-12(16)22-14(24)20-8-4-2/h3-4H,1-2,5-10H2,(H4,15,17,19,21,23)(H4,16,18,20,22,24). The summed E-state index contributed by atoms with van der Waals surface area (Å²) < 4.78 is 0.